The molecule has 3 aromatic rings. The first kappa shape index (κ1) is 15.0. The highest BCUT2D eigenvalue weighted by atomic mass is 32.1. The largest absolute Gasteiger partial charge is 0.483 e. The second kappa shape index (κ2) is 6.46. The third kappa shape index (κ3) is 3.29. The Labute approximate surface area is 134 Å². The summed E-state index contributed by atoms with van der Waals surface area (Å²) in [6, 6.07) is 12.6. The molecule has 22 heavy (non-hydrogen) atoms. The zero-order valence-electron chi connectivity index (χ0n) is 12.8. The summed E-state index contributed by atoms with van der Waals surface area (Å²) in [6.07, 6.45) is 2.46. The van der Waals surface area contributed by atoms with Gasteiger partial charge in [0.05, 0.1) is 0 Å². The lowest BCUT2D eigenvalue weighted by atomic mass is 10.1. The van der Waals surface area contributed by atoms with Crippen LogP contribution in [-0.4, -0.2) is 11.0 Å². The highest BCUT2D eigenvalue weighted by Crippen LogP contribution is 2.30. The number of fused-ring (bicyclic) bond motifs is 1. The smallest absolute Gasteiger partial charge is 0.151 e. The lowest BCUT2D eigenvalue weighted by molar-refractivity contribution is 0.187. The van der Waals surface area contributed by atoms with Crippen LogP contribution in [0.2, 0.25) is 0 Å². The van der Waals surface area contributed by atoms with E-state index in [1.54, 1.807) is 17.5 Å². The maximum absolute atomic E-state index is 6.19. The molecule has 0 amide bonds. The molecular weight excluding hydrogens is 292 g/mol. The van der Waals surface area contributed by atoms with Crippen molar-refractivity contribution in [3.8, 4) is 5.75 Å². The molecule has 0 bridgehead atoms. The van der Waals surface area contributed by atoms with Gasteiger partial charge in [0.25, 0.3) is 0 Å². The molecule has 1 aromatic heterocycles. The number of hydrogen-bond acceptors (Lipinski definition) is 4. The topological polar surface area (TPSA) is 48.1 Å². The standard InChI is InChI=1S/C18H20N2OS/c1-12-4-3-5-14-11-15(6-7-16(12)14)21-17(10-13(2)19)18-20-8-9-22-18/h3-9,11,13,17H,10,19H2,1-2H3. The molecule has 0 radical (unpaired) electrons. The van der Waals surface area contributed by atoms with Crippen LogP contribution in [0, 0.1) is 6.92 Å². The number of nitrogens with zero attached hydrogens (tertiary/aromatic N) is 1. The minimum atomic E-state index is -0.0951. The number of hydrogen-bond donors (Lipinski definition) is 1. The summed E-state index contributed by atoms with van der Waals surface area (Å²) in [5.41, 5.74) is 7.23. The Morgan fingerprint density at radius 3 is 2.86 bits per heavy atom. The summed E-state index contributed by atoms with van der Waals surface area (Å²) in [7, 11) is 0. The predicted octanol–water partition coefficient (Wildman–Crippen LogP) is 4.46. The first-order valence-electron chi connectivity index (χ1n) is 7.44. The fourth-order valence-electron chi connectivity index (χ4n) is 2.59. The molecule has 114 valence electrons. The number of aryl methyl sites for hydroxylation is 1. The zero-order chi connectivity index (χ0) is 15.5. The van der Waals surface area contributed by atoms with Crippen LogP contribution in [0.25, 0.3) is 10.8 Å². The zero-order valence-corrected chi connectivity index (χ0v) is 13.6. The van der Waals surface area contributed by atoms with Crippen LogP contribution in [0.1, 0.15) is 30.0 Å². The molecule has 0 fully saturated rings. The van der Waals surface area contributed by atoms with Crippen LogP contribution in [0.4, 0.5) is 0 Å². The van der Waals surface area contributed by atoms with Crippen LogP contribution < -0.4 is 10.5 Å². The number of thiazole rings is 1. The van der Waals surface area contributed by atoms with Gasteiger partial charge in [-0.05, 0) is 42.3 Å². The van der Waals surface area contributed by atoms with Gasteiger partial charge in [0.15, 0.2) is 6.10 Å². The van der Waals surface area contributed by atoms with E-state index in [4.69, 9.17) is 10.5 Å². The van der Waals surface area contributed by atoms with E-state index in [2.05, 4.69) is 42.2 Å². The molecule has 2 unspecified atom stereocenters. The minimum absolute atomic E-state index is 0.0663. The molecule has 2 N–H and O–H groups in total. The third-order valence-corrected chi connectivity index (χ3v) is 4.53. The van der Waals surface area contributed by atoms with E-state index in [1.807, 2.05) is 18.4 Å². The Balaban J connectivity index is 1.89. The minimum Gasteiger partial charge on any atom is -0.483 e. The fourth-order valence-corrected chi connectivity index (χ4v) is 3.27. The van der Waals surface area contributed by atoms with Crippen LogP contribution in [0.15, 0.2) is 48.0 Å². The highest BCUT2D eigenvalue weighted by molar-refractivity contribution is 7.09. The molecule has 0 aliphatic carbocycles. The Morgan fingerprint density at radius 1 is 1.27 bits per heavy atom. The maximum Gasteiger partial charge on any atom is 0.151 e. The molecular formula is C18H20N2OS. The average molecular weight is 312 g/mol. The average Bonchev–Trinajstić information content (AvgIpc) is 3.00. The summed E-state index contributed by atoms with van der Waals surface area (Å²) < 4.78 is 6.19. The molecule has 0 aliphatic heterocycles. The Hall–Kier alpha value is -1.91. The summed E-state index contributed by atoms with van der Waals surface area (Å²) >= 11 is 1.61. The van der Waals surface area contributed by atoms with Gasteiger partial charge >= 0.3 is 0 Å². The normalized spacial score (nSPS) is 14.0. The predicted molar refractivity (Wildman–Crippen MR) is 92.4 cm³/mol. The summed E-state index contributed by atoms with van der Waals surface area (Å²) in [5, 5.41) is 5.39. The summed E-state index contributed by atoms with van der Waals surface area (Å²) in [6.45, 7) is 4.12. The Bertz CT molecular complexity index is 753. The SMILES string of the molecule is Cc1cccc2cc(OC(CC(C)N)c3nccs3)ccc12. The fraction of sp³-hybridized carbons (Fsp3) is 0.278. The molecule has 0 spiro atoms. The van der Waals surface area contributed by atoms with Crippen molar-refractivity contribution in [2.75, 3.05) is 0 Å². The Kier molecular flexibility index (Phi) is 4.41. The van der Waals surface area contributed by atoms with Gasteiger partial charge < -0.3 is 10.5 Å². The second-order valence-electron chi connectivity index (χ2n) is 5.65. The van der Waals surface area contributed by atoms with Gasteiger partial charge in [0, 0.05) is 24.0 Å². The van der Waals surface area contributed by atoms with E-state index >= 15 is 0 Å². The molecule has 2 atom stereocenters. The van der Waals surface area contributed by atoms with E-state index < -0.39 is 0 Å². The first-order chi connectivity index (χ1) is 10.6. The van der Waals surface area contributed by atoms with Crippen molar-refractivity contribution in [2.24, 2.45) is 5.73 Å². The molecule has 0 saturated heterocycles. The number of benzene rings is 2. The maximum atomic E-state index is 6.19. The van der Waals surface area contributed by atoms with E-state index in [-0.39, 0.29) is 12.1 Å². The van der Waals surface area contributed by atoms with Crippen molar-refractivity contribution >= 4 is 22.1 Å². The second-order valence-corrected chi connectivity index (χ2v) is 6.57. The molecule has 2 aromatic carbocycles. The number of nitrogens with two attached hydrogens (primary N) is 1. The van der Waals surface area contributed by atoms with Crippen molar-refractivity contribution in [1.29, 1.82) is 0 Å². The first-order valence-corrected chi connectivity index (χ1v) is 8.32. The van der Waals surface area contributed by atoms with Crippen molar-refractivity contribution in [3.05, 3.63) is 58.5 Å². The summed E-state index contributed by atoms with van der Waals surface area (Å²) in [4.78, 5) is 4.38. The van der Waals surface area contributed by atoms with Gasteiger partial charge in [0.2, 0.25) is 0 Å². The van der Waals surface area contributed by atoms with E-state index in [0.29, 0.717) is 0 Å². The van der Waals surface area contributed by atoms with Gasteiger partial charge in [-0.1, -0.05) is 24.3 Å². The molecule has 4 heteroatoms. The van der Waals surface area contributed by atoms with E-state index in [0.717, 1.165) is 17.2 Å². The molecule has 3 rings (SSSR count). The van der Waals surface area contributed by atoms with E-state index in [9.17, 15) is 0 Å². The molecule has 0 aliphatic rings. The number of rotatable bonds is 5. The lowest BCUT2D eigenvalue weighted by Gasteiger charge is -2.19. The van der Waals surface area contributed by atoms with Crippen molar-refractivity contribution in [3.63, 3.8) is 0 Å². The number of ether oxygens (including phenoxy) is 1. The van der Waals surface area contributed by atoms with Crippen molar-refractivity contribution in [2.45, 2.75) is 32.4 Å². The van der Waals surface area contributed by atoms with Gasteiger partial charge in [-0.2, -0.15) is 0 Å². The van der Waals surface area contributed by atoms with Gasteiger partial charge in [-0.3, -0.25) is 0 Å². The van der Waals surface area contributed by atoms with Crippen LogP contribution >= 0.6 is 11.3 Å². The number of aromatic nitrogens is 1. The third-order valence-electron chi connectivity index (χ3n) is 3.66. The van der Waals surface area contributed by atoms with Gasteiger partial charge in [0.1, 0.15) is 10.8 Å². The molecule has 1 heterocycles. The van der Waals surface area contributed by atoms with Crippen LogP contribution in [0.3, 0.4) is 0 Å². The molecule has 0 saturated carbocycles. The van der Waals surface area contributed by atoms with Crippen molar-refractivity contribution < 1.29 is 4.74 Å². The van der Waals surface area contributed by atoms with Crippen LogP contribution in [0.5, 0.6) is 5.75 Å². The monoisotopic (exact) mass is 312 g/mol. The molecule has 3 nitrogen and oxygen atoms in total. The quantitative estimate of drug-likeness (QED) is 0.756. The van der Waals surface area contributed by atoms with Gasteiger partial charge in [-0.15, -0.1) is 11.3 Å². The van der Waals surface area contributed by atoms with E-state index in [1.165, 1.54) is 16.3 Å². The summed E-state index contributed by atoms with van der Waals surface area (Å²) in [5.74, 6) is 0.860. The highest BCUT2D eigenvalue weighted by Gasteiger charge is 2.18. The Morgan fingerprint density at radius 2 is 2.14 bits per heavy atom. The lowest BCUT2D eigenvalue weighted by Crippen LogP contribution is -2.21. The van der Waals surface area contributed by atoms with Gasteiger partial charge in [-0.25, -0.2) is 4.98 Å². The van der Waals surface area contributed by atoms with Crippen molar-refractivity contribution in [1.82, 2.24) is 4.98 Å². The van der Waals surface area contributed by atoms with Crippen LogP contribution in [-0.2, 0) is 0 Å².